The number of nitrogens with two attached hydrogens (primary N) is 1. The summed E-state index contributed by atoms with van der Waals surface area (Å²) in [5.41, 5.74) is 5.67. The molecule has 1 saturated heterocycles. The highest BCUT2D eigenvalue weighted by Gasteiger charge is 2.40. The van der Waals surface area contributed by atoms with Crippen LogP contribution in [0.5, 0.6) is 0 Å². The van der Waals surface area contributed by atoms with Gasteiger partial charge in [0.2, 0.25) is 11.8 Å². The smallest absolute Gasteiger partial charge is 0.321 e. The number of carboxylic acids is 1. The topological polar surface area (TPSA) is 101 Å². The van der Waals surface area contributed by atoms with Crippen LogP contribution in [-0.4, -0.2) is 39.9 Å². The monoisotopic (exact) mass is 312 g/mol. The van der Waals surface area contributed by atoms with Gasteiger partial charge in [-0.25, -0.2) is 9.29 Å². The van der Waals surface area contributed by atoms with E-state index in [2.05, 4.69) is 0 Å². The Morgan fingerprint density at radius 1 is 1.43 bits per heavy atom. The molecule has 1 heterocycles. The molecule has 8 heteroatoms. The van der Waals surface area contributed by atoms with E-state index >= 15 is 0 Å². The number of thioether (sulfide) groups is 1. The Labute approximate surface area is 124 Å². The second kappa shape index (κ2) is 6.23. The maximum absolute atomic E-state index is 12.9. The molecule has 6 nitrogen and oxygen atoms in total. The predicted molar refractivity (Wildman–Crippen MR) is 75.4 cm³/mol. The predicted octanol–water partition coefficient (Wildman–Crippen LogP) is 0.603. The van der Waals surface area contributed by atoms with E-state index in [1.54, 1.807) is 0 Å². The van der Waals surface area contributed by atoms with Crippen molar-refractivity contribution in [3.63, 3.8) is 0 Å². The van der Waals surface area contributed by atoms with Crippen molar-refractivity contribution in [1.82, 2.24) is 0 Å². The zero-order valence-corrected chi connectivity index (χ0v) is 11.7. The van der Waals surface area contributed by atoms with Gasteiger partial charge < -0.3 is 10.8 Å². The molecule has 1 fully saturated rings. The third kappa shape index (κ3) is 3.40. The van der Waals surface area contributed by atoms with Crippen LogP contribution in [0, 0.1) is 5.82 Å². The fourth-order valence-corrected chi connectivity index (χ4v) is 2.98. The van der Waals surface area contributed by atoms with Gasteiger partial charge in [-0.3, -0.25) is 14.4 Å². The quantitative estimate of drug-likeness (QED) is 0.772. The van der Waals surface area contributed by atoms with E-state index in [0.717, 1.165) is 28.8 Å². The van der Waals surface area contributed by atoms with Gasteiger partial charge in [0.1, 0.15) is 11.9 Å². The number of anilines is 1. The number of rotatable bonds is 5. The standard InChI is InChI=1S/C13H13FN2O4S/c14-7-1-3-8(4-2-7)16-11(17)5-10(12(16)18)21-6-9(15)13(19)20/h1-4,9-10H,5-6,15H2,(H,19,20)/t9-,10+/m1/s1. The molecule has 2 amide bonds. The number of carboxylic acid groups (broad SMARTS) is 1. The number of nitrogens with zero attached hydrogens (tertiary/aromatic N) is 1. The van der Waals surface area contributed by atoms with E-state index in [1.165, 1.54) is 12.1 Å². The van der Waals surface area contributed by atoms with E-state index in [4.69, 9.17) is 10.8 Å². The largest absolute Gasteiger partial charge is 0.480 e. The molecule has 1 aromatic rings. The van der Waals surface area contributed by atoms with Crippen molar-refractivity contribution in [2.45, 2.75) is 17.7 Å². The molecule has 1 aromatic carbocycles. The van der Waals surface area contributed by atoms with E-state index in [9.17, 15) is 18.8 Å². The molecule has 0 saturated carbocycles. The summed E-state index contributed by atoms with van der Waals surface area (Å²) in [5, 5.41) is 8.03. The van der Waals surface area contributed by atoms with Gasteiger partial charge in [0.25, 0.3) is 0 Å². The number of hydrogen-bond donors (Lipinski definition) is 2. The lowest BCUT2D eigenvalue weighted by molar-refractivity contribution is -0.138. The van der Waals surface area contributed by atoms with Crippen LogP contribution in [0.3, 0.4) is 0 Å². The molecule has 0 spiro atoms. The summed E-state index contributed by atoms with van der Waals surface area (Å²) in [5.74, 6) is -2.41. The number of imide groups is 1. The molecule has 2 rings (SSSR count). The van der Waals surface area contributed by atoms with Crippen molar-refractivity contribution < 1.29 is 23.9 Å². The molecule has 1 aliphatic rings. The molecule has 3 N–H and O–H groups in total. The van der Waals surface area contributed by atoms with Crippen molar-refractivity contribution >= 4 is 35.2 Å². The fraction of sp³-hybridized carbons (Fsp3) is 0.308. The molecule has 112 valence electrons. The van der Waals surface area contributed by atoms with Gasteiger partial charge in [0.15, 0.2) is 0 Å². The number of carbonyl (C=O) groups excluding carboxylic acids is 2. The lowest BCUT2D eigenvalue weighted by atomic mass is 10.3. The Morgan fingerprint density at radius 2 is 2.05 bits per heavy atom. The molecule has 0 aromatic heterocycles. The maximum atomic E-state index is 12.9. The molecular formula is C13H13FN2O4S. The highest BCUT2D eigenvalue weighted by molar-refractivity contribution is 8.00. The highest BCUT2D eigenvalue weighted by atomic mass is 32.2. The fourth-order valence-electron chi connectivity index (χ4n) is 1.89. The number of benzene rings is 1. The first-order valence-corrected chi connectivity index (χ1v) is 7.17. The van der Waals surface area contributed by atoms with Crippen LogP contribution in [0.25, 0.3) is 0 Å². The van der Waals surface area contributed by atoms with Crippen molar-refractivity contribution in [3.8, 4) is 0 Å². The maximum Gasteiger partial charge on any atom is 0.321 e. The summed E-state index contributed by atoms with van der Waals surface area (Å²) in [6.45, 7) is 0. The zero-order valence-electron chi connectivity index (χ0n) is 10.9. The van der Waals surface area contributed by atoms with Gasteiger partial charge in [-0.15, -0.1) is 11.8 Å². The number of amides is 2. The number of carbonyl (C=O) groups is 3. The first-order valence-electron chi connectivity index (χ1n) is 6.12. The summed E-state index contributed by atoms with van der Waals surface area (Å²) < 4.78 is 12.9. The summed E-state index contributed by atoms with van der Waals surface area (Å²) in [6, 6.07) is 3.94. The second-order valence-corrected chi connectivity index (χ2v) is 5.75. The average molecular weight is 312 g/mol. The minimum Gasteiger partial charge on any atom is -0.480 e. The van der Waals surface area contributed by atoms with E-state index < -0.39 is 34.9 Å². The van der Waals surface area contributed by atoms with Crippen LogP contribution < -0.4 is 10.6 Å². The molecule has 0 aliphatic carbocycles. The lowest BCUT2D eigenvalue weighted by Crippen LogP contribution is -2.35. The minimum atomic E-state index is -1.16. The molecule has 0 unspecified atom stereocenters. The Kier molecular flexibility index (Phi) is 4.59. The third-order valence-electron chi connectivity index (χ3n) is 2.98. The van der Waals surface area contributed by atoms with Gasteiger partial charge in [-0.05, 0) is 24.3 Å². The molecule has 2 atom stereocenters. The normalized spacial score (nSPS) is 19.9. The number of aliphatic carboxylic acids is 1. The summed E-state index contributed by atoms with van der Waals surface area (Å²) in [6.07, 6.45) is -0.0206. The van der Waals surface area contributed by atoms with E-state index in [-0.39, 0.29) is 12.2 Å². The minimum absolute atomic E-state index is 0.0206. The van der Waals surface area contributed by atoms with Crippen LogP contribution >= 0.6 is 11.8 Å². The molecular weight excluding hydrogens is 299 g/mol. The van der Waals surface area contributed by atoms with Crippen LogP contribution in [0.2, 0.25) is 0 Å². The molecule has 1 aliphatic heterocycles. The Morgan fingerprint density at radius 3 is 2.62 bits per heavy atom. The summed E-state index contributed by atoms with van der Waals surface area (Å²) in [7, 11) is 0. The van der Waals surface area contributed by atoms with Crippen molar-refractivity contribution in [2.75, 3.05) is 10.7 Å². The Bertz CT molecular complexity index is 578. The SMILES string of the molecule is N[C@H](CS[C@H]1CC(=O)N(c2ccc(F)cc2)C1=O)C(=O)O. The van der Waals surface area contributed by atoms with E-state index in [1.807, 2.05) is 0 Å². The zero-order chi connectivity index (χ0) is 15.6. The van der Waals surface area contributed by atoms with Crippen molar-refractivity contribution in [3.05, 3.63) is 30.1 Å². The molecule has 21 heavy (non-hydrogen) atoms. The average Bonchev–Trinajstić information content (AvgIpc) is 2.72. The first kappa shape index (κ1) is 15.5. The first-order chi connectivity index (χ1) is 9.90. The van der Waals surface area contributed by atoms with Crippen LogP contribution in [0.1, 0.15) is 6.42 Å². The number of halogens is 1. The van der Waals surface area contributed by atoms with Gasteiger partial charge >= 0.3 is 5.97 Å². The molecule has 0 bridgehead atoms. The van der Waals surface area contributed by atoms with E-state index in [0.29, 0.717) is 5.69 Å². The third-order valence-corrected chi connectivity index (χ3v) is 4.31. The van der Waals surface area contributed by atoms with Crippen LogP contribution in [0.4, 0.5) is 10.1 Å². The van der Waals surface area contributed by atoms with Gasteiger partial charge in [-0.2, -0.15) is 0 Å². The molecule has 0 radical (unpaired) electrons. The lowest BCUT2D eigenvalue weighted by Gasteiger charge is -2.15. The van der Waals surface area contributed by atoms with Crippen LogP contribution in [-0.2, 0) is 14.4 Å². The van der Waals surface area contributed by atoms with Crippen LogP contribution in [0.15, 0.2) is 24.3 Å². The van der Waals surface area contributed by atoms with Gasteiger partial charge in [0, 0.05) is 12.2 Å². The van der Waals surface area contributed by atoms with Crippen molar-refractivity contribution in [1.29, 1.82) is 0 Å². The summed E-state index contributed by atoms with van der Waals surface area (Å²) >= 11 is 1.04. The summed E-state index contributed by atoms with van der Waals surface area (Å²) in [4.78, 5) is 35.7. The number of hydrogen-bond acceptors (Lipinski definition) is 5. The Balaban J connectivity index is 2.06. The second-order valence-electron chi connectivity index (χ2n) is 4.51. The van der Waals surface area contributed by atoms with Gasteiger partial charge in [-0.1, -0.05) is 0 Å². The van der Waals surface area contributed by atoms with Crippen molar-refractivity contribution in [2.24, 2.45) is 5.73 Å². The highest BCUT2D eigenvalue weighted by Crippen LogP contribution is 2.29. The Hall–Kier alpha value is -1.93. The van der Waals surface area contributed by atoms with Gasteiger partial charge in [0.05, 0.1) is 10.9 Å².